The van der Waals surface area contributed by atoms with Crippen LogP contribution >= 0.6 is 12.4 Å². The van der Waals surface area contributed by atoms with Crippen molar-refractivity contribution in [2.75, 3.05) is 26.2 Å². The zero-order chi connectivity index (χ0) is 18.0. The molecule has 3 atom stereocenters. The third-order valence-electron chi connectivity index (χ3n) is 6.02. The molecule has 2 aliphatic heterocycles. The quantitative estimate of drug-likeness (QED) is 0.728. The van der Waals surface area contributed by atoms with Crippen LogP contribution < -0.4 is 0 Å². The smallest absolute Gasteiger partial charge is 0.144 e. The van der Waals surface area contributed by atoms with Crippen molar-refractivity contribution in [1.82, 2.24) is 4.90 Å². The van der Waals surface area contributed by atoms with Gasteiger partial charge >= 0.3 is 0 Å². The summed E-state index contributed by atoms with van der Waals surface area (Å²) in [5.41, 5.74) is 1.90. The minimum atomic E-state index is -0.495. The van der Waals surface area contributed by atoms with Crippen LogP contribution in [0.15, 0.2) is 60.7 Å². The highest BCUT2D eigenvalue weighted by atomic mass is 35.5. The van der Waals surface area contributed by atoms with Crippen LogP contribution in [0.5, 0.6) is 0 Å². The molecule has 0 aliphatic carbocycles. The summed E-state index contributed by atoms with van der Waals surface area (Å²) in [4.78, 5) is 2.46. The second kappa shape index (κ2) is 8.74. The number of hydrogen-bond donors (Lipinski definition) is 0. The standard InChI is InChI=1S/C23H29NO2.ClH/c1-3-24(4-2)16-21-15-18-17-25-23(22(18)26-21,19-11-7-5-8-12-19)20-13-9-6-10-14-20;/h5-14,18,21-22H,3-4,15-17H2,1-2H3;1H/t18-,21-,22-;/m1./s1. The van der Waals surface area contributed by atoms with Crippen LogP contribution in [0.25, 0.3) is 0 Å². The lowest BCUT2D eigenvalue weighted by atomic mass is 9.79. The lowest BCUT2D eigenvalue weighted by Crippen LogP contribution is -2.41. The number of hydrogen-bond acceptors (Lipinski definition) is 3. The summed E-state index contributed by atoms with van der Waals surface area (Å²) in [5.74, 6) is 0.455. The van der Waals surface area contributed by atoms with Gasteiger partial charge in [-0.25, -0.2) is 0 Å². The molecule has 2 saturated heterocycles. The van der Waals surface area contributed by atoms with E-state index >= 15 is 0 Å². The fourth-order valence-electron chi connectivity index (χ4n) is 4.66. The van der Waals surface area contributed by atoms with Crippen molar-refractivity contribution in [3.05, 3.63) is 71.8 Å². The number of halogens is 1. The van der Waals surface area contributed by atoms with Gasteiger partial charge in [-0.1, -0.05) is 74.5 Å². The van der Waals surface area contributed by atoms with Crippen molar-refractivity contribution < 1.29 is 9.47 Å². The van der Waals surface area contributed by atoms with Gasteiger partial charge in [0, 0.05) is 12.5 Å². The molecule has 0 amide bonds. The summed E-state index contributed by atoms with van der Waals surface area (Å²) in [5, 5.41) is 0. The molecule has 0 saturated carbocycles. The van der Waals surface area contributed by atoms with E-state index < -0.39 is 5.60 Å². The van der Waals surface area contributed by atoms with E-state index in [9.17, 15) is 0 Å². The third-order valence-corrected chi connectivity index (χ3v) is 6.02. The lowest BCUT2D eigenvalue weighted by molar-refractivity contribution is -0.0821. The normalized spacial score (nSPS) is 26.0. The molecule has 2 aromatic carbocycles. The molecule has 0 bridgehead atoms. The van der Waals surface area contributed by atoms with Gasteiger partial charge in [-0.2, -0.15) is 0 Å². The van der Waals surface area contributed by atoms with Gasteiger partial charge in [0.1, 0.15) is 11.7 Å². The predicted octanol–water partition coefficient (Wildman–Crippen LogP) is 4.50. The highest BCUT2D eigenvalue weighted by Crippen LogP contribution is 2.51. The zero-order valence-corrected chi connectivity index (χ0v) is 17.0. The maximum absolute atomic E-state index is 6.68. The molecular weight excluding hydrogens is 358 g/mol. The molecular formula is C23H30ClNO2. The van der Waals surface area contributed by atoms with Crippen molar-refractivity contribution in [2.24, 2.45) is 5.92 Å². The van der Waals surface area contributed by atoms with Crippen LogP contribution in [0.3, 0.4) is 0 Å². The van der Waals surface area contributed by atoms with Crippen LogP contribution in [0, 0.1) is 5.92 Å². The summed E-state index contributed by atoms with van der Waals surface area (Å²) in [7, 11) is 0. The molecule has 4 rings (SSSR count). The molecule has 0 aromatic heterocycles. The highest BCUT2D eigenvalue weighted by Gasteiger charge is 2.57. The van der Waals surface area contributed by atoms with Gasteiger partial charge in [-0.15, -0.1) is 12.4 Å². The Balaban J connectivity index is 0.00000210. The second-order valence-electron chi connectivity index (χ2n) is 7.44. The van der Waals surface area contributed by atoms with Crippen molar-refractivity contribution in [3.8, 4) is 0 Å². The fourth-order valence-corrected chi connectivity index (χ4v) is 4.66. The first-order chi connectivity index (χ1) is 12.8. The summed E-state index contributed by atoms with van der Waals surface area (Å²) in [6, 6.07) is 21.2. The van der Waals surface area contributed by atoms with Crippen molar-refractivity contribution in [3.63, 3.8) is 0 Å². The van der Waals surface area contributed by atoms with Crippen LogP contribution in [0.1, 0.15) is 31.4 Å². The van der Waals surface area contributed by atoms with Crippen LogP contribution in [0.2, 0.25) is 0 Å². The van der Waals surface area contributed by atoms with E-state index in [1.807, 2.05) is 0 Å². The number of likely N-dealkylation sites (N-methyl/N-ethyl adjacent to an activating group) is 1. The first-order valence-electron chi connectivity index (χ1n) is 9.90. The van der Waals surface area contributed by atoms with E-state index in [-0.39, 0.29) is 18.5 Å². The third kappa shape index (κ3) is 3.66. The minimum absolute atomic E-state index is 0. The summed E-state index contributed by atoms with van der Waals surface area (Å²) < 4.78 is 13.2. The molecule has 4 heteroatoms. The summed E-state index contributed by atoms with van der Waals surface area (Å²) in [6.07, 6.45) is 1.45. The molecule has 2 aliphatic rings. The average Bonchev–Trinajstić information content (AvgIpc) is 3.26. The minimum Gasteiger partial charge on any atom is -0.370 e. The first-order valence-corrected chi connectivity index (χ1v) is 9.90. The highest BCUT2D eigenvalue weighted by molar-refractivity contribution is 5.85. The van der Waals surface area contributed by atoms with Gasteiger partial charge in [-0.05, 0) is 30.6 Å². The molecule has 0 N–H and O–H groups in total. The van der Waals surface area contributed by atoms with E-state index in [0.717, 1.165) is 32.7 Å². The van der Waals surface area contributed by atoms with Crippen molar-refractivity contribution >= 4 is 12.4 Å². The van der Waals surface area contributed by atoms with Gasteiger partial charge in [0.05, 0.1) is 12.7 Å². The maximum atomic E-state index is 6.68. The molecule has 27 heavy (non-hydrogen) atoms. The molecule has 0 spiro atoms. The number of rotatable bonds is 6. The van der Waals surface area contributed by atoms with Crippen molar-refractivity contribution in [1.29, 1.82) is 0 Å². The van der Waals surface area contributed by atoms with Crippen LogP contribution in [0.4, 0.5) is 0 Å². The number of benzene rings is 2. The van der Waals surface area contributed by atoms with Crippen LogP contribution in [-0.4, -0.2) is 43.3 Å². The Bertz CT molecular complexity index is 665. The van der Waals surface area contributed by atoms with Gasteiger partial charge in [-0.3, -0.25) is 0 Å². The Labute approximate surface area is 169 Å². The Morgan fingerprint density at radius 2 is 1.48 bits per heavy atom. The van der Waals surface area contributed by atoms with E-state index in [2.05, 4.69) is 79.4 Å². The first kappa shape index (κ1) is 20.3. The molecule has 0 radical (unpaired) electrons. The Hall–Kier alpha value is -1.39. The molecule has 2 heterocycles. The second-order valence-corrected chi connectivity index (χ2v) is 7.44. The Morgan fingerprint density at radius 1 is 0.926 bits per heavy atom. The topological polar surface area (TPSA) is 21.7 Å². The predicted molar refractivity (Wildman–Crippen MR) is 111 cm³/mol. The molecule has 146 valence electrons. The number of nitrogens with zero attached hydrogens (tertiary/aromatic N) is 1. The Kier molecular flexibility index (Phi) is 6.59. The SMILES string of the molecule is CCN(CC)C[C@H]1C[C@@H]2COC(c3ccccc3)(c3ccccc3)[C@@H]2O1.Cl. The van der Waals surface area contributed by atoms with Crippen LogP contribution in [-0.2, 0) is 15.1 Å². The van der Waals surface area contributed by atoms with Gasteiger partial charge in [0.25, 0.3) is 0 Å². The molecule has 3 nitrogen and oxygen atoms in total. The largest absolute Gasteiger partial charge is 0.370 e. The van der Waals surface area contributed by atoms with E-state index in [1.54, 1.807) is 0 Å². The maximum Gasteiger partial charge on any atom is 0.144 e. The number of ether oxygens (including phenoxy) is 2. The van der Waals surface area contributed by atoms with E-state index in [0.29, 0.717) is 12.0 Å². The summed E-state index contributed by atoms with van der Waals surface area (Å²) >= 11 is 0. The monoisotopic (exact) mass is 387 g/mol. The number of fused-ring (bicyclic) bond motifs is 1. The molecule has 2 aromatic rings. The van der Waals surface area contributed by atoms with Gasteiger partial charge in [0.2, 0.25) is 0 Å². The van der Waals surface area contributed by atoms with E-state index in [1.165, 1.54) is 11.1 Å². The zero-order valence-electron chi connectivity index (χ0n) is 16.2. The fraction of sp³-hybridized carbons (Fsp3) is 0.478. The molecule has 2 fully saturated rings. The van der Waals surface area contributed by atoms with Gasteiger partial charge in [0.15, 0.2) is 0 Å². The summed E-state index contributed by atoms with van der Waals surface area (Å²) in [6.45, 7) is 8.37. The van der Waals surface area contributed by atoms with Crippen molar-refractivity contribution in [2.45, 2.75) is 38.1 Å². The van der Waals surface area contributed by atoms with Gasteiger partial charge < -0.3 is 14.4 Å². The van der Waals surface area contributed by atoms with E-state index in [4.69, 9.17) is 9.47 Å². The Morgan fingerprint density at radius 3 is 2.00 bits per heavy atom. The average molecular weight is 388 g/mol. The lowest BCUT2D eigenvalue weighted by Gasteiger charge is -2.35. The molecule has 0 unspecified atom stereocenters.